The molecule has 2 N–H and O–H groups in total. The fourth-order valence-electron chi connectivity index (χ4n) is 1.72. The van der Waals surface area contributed by atoms with E-state index < -0.39 is 10.0 Å². The van der Waals surface area contributed by atoms with Crippen LogP contribution in [-0.2, 0) is 14.8 Å². The normalized spacial score (nSPS) is 11.0. The molecule has 116 valence electrons. The van der Waals surface area contributed by atoms with Crippen LogP contribution in [-0.4, -0.2) is 14.3 Å². The molecule has 0 aromatic heterocycles. The molecule has 0 radical (unpaired) electrons. The van der Waals surface area contributed by atoms with Crippen molar-refractivity contribution in [1.29, 1.82) is 0 Å². The van der Waals surface area contributed by atoms with E-state index in [1.807, 2.05) is 0 Å². The van der Waals surface area contributed by atoms with E-state index in [1.165, 1.54) is 31.2 Å². The molecule has 0 spiro atoms. The number of hydrogen-bond donors (Lipinski definition) is 2. The molecule has 0 heterocycles. The monoisotopic (exact) mass is 358 g/mol. The van der Waals surface area contributed by atoms with Gasteiger partial charge in [-0.05, 0) is 36.4 Å². The minimum Gasteiger partial charge on any atom is -0.326 e. The summed E-state index contributed by atoms with van der Waals surface area (Å²) in [5.41, 5.74) is 0.805. The van der Waals surface area contributed by atoms with Gasteiger partial charge in [-0.25, -0.2) is 8.42 Å². The highest BCUT2D eigenvalue weighted by Gasteiger charge is 2.16. The summed E-state index contributed by atoms with van der Waals surface area (Å²) in [7, 11) is -3.80. The quantitative estimate of drug-likeness (QED) is 0.873. The molecule has 0 saturated carbocycles. The van der Waals surface area contributed by atoms with E-state index in [2.05, 4.69) is 10.0 Å². The number of anilines is 2. The van der Waals surface area contributed by atoms with Gasteiger partial charge in [0.1, 0.15) is 0 Å². The Morgan fingerprint density at radius 1 is 1.00 bits per heavy atom. The van der Waals surface area contributed by atoms with Gasteiger partial charge in [0, 0.05) is 12.6 Å². The van der Waals surface area contributed by atoms with E-state index in [-0.39, 0.29) is 20.8 Å². The maximum Gasteiger partial charge on any atom is 0.261 e. The summed E-state index contributed by atoms with van der Waals surface area (Å²) in [5.74, 6) is -0.246. The van der Waals surface area contributed by atoms with Gasteiger partial charge >= 0.3 is 0 Å². The summed E-state index contributed by atoms with van der Waals surface area (Å²) in [4.78, 5) is 11.0. The summed E-state index contributed by atoms with van der Waals surface area (Å²) in [6, 6.07) is 10.4. The van der Waals surface area contributed by atoms with Crippen molar-refractivity contribution in [2.45, 2.75) is 11.8 Å². The lowest BCUT2D eigenvalue weighted by molar-refractivity contribution is -0.114. The zero-order valence-electron chi connectivity index (χ0n) is 11.4. The molecule has 0 aliphatic rings. The van der Waals surface area contributed by atoms with Crippen LogP contribution in [0.1, 0.15) is 6.92 Å². The maximum absolute atomic E-state index is 12.3. The number of carbonyl (C=O) groups excluding carboxylic acids is 1. The number of hydrogen-bond acceptors (Lipinski definition) is 3. The van der Waals surface area contributed by atoms with Crippen molar-refractivity contribution in [3.05, 3.63) is 52.5 Å². The van der Waals surface area contributed by atoms with E-state index >= 15 is 0 Å². The van der Waals surface area contributed by atoms with Crippen LogP contribution < -0.4 is 10.0 Å². The number of amides is 1. The summed E-state index contributed by atoms with van der Waals surface area (Å²) in [6.07, 6.45) is 0. The molecule has 22 heavy (non-hydrogen) atoms. The SMILES string of the molecule is CC(=O)Nc1cccc(NS(=O)(=O)c2ccc(Cl)c(Cl)c2)c1. The van der Waals surface area contributed by atoms with Crippen LogP contribution >= 0.6 is 23.2 Å². The second-order valence-corrected chi connectivity index (χ2v) is 6.94. The highest BCUT2D eigenvalue weighted by molar-refractivity contribution is 7.92. The molecule has 0 unspecified atom stereocenters. The van der Waals surface area contributed by atoms with Gasteiger partial charge in [-0.15, -0.1) is 0 Å². The van der Waals surface area contributed by atoms with E-state index in [4.69, 9.17) is 23.2 Å². The Labute approximate surface area is 138 Å². The van der Waals surface area contributed by atoms with Crippen LogP contribution in [0, 0.1) is 0 Å². The van der Waals surface area contributed by atoms with E-state index in [9.17, 15) is 13.2 Å². The third-order valence-corrected chi connectivity index (χ3v) is 4.75. The van der Waals surface area contributed by atoms with Crippen molar-refractivity contribution in [1.82, 2.24) is 0 Å². The number of rotatable bonds is 4. The molecular formula is C14H12Cl2N2O3S. The molecule has 0 bridgehead atoms. The Morgan fingerprint density at radius 3 is 2.32 bits per heavy atom. The number of sulfonamides is 1. The standard InChI is InChI=1S/C14H12Cl2N2O3S/c1-9(19)17-10-3-2-4-11(7-10)18-22(20,21)12-5-6-13(15)14(16)8-12/h2-8,18H,1H3,(H,17,19). The first-order valence-electron chi connectivity index (χ1n) is 6.13. The molecule has 0 atom stereocenters. The zero-order chi connectivity index (χ0) is 16.3. The molecule has 0 aliphatic heterocycles. The van der Waals surface area contributed by atoms with Gasteiger partial charge < -0.3 is 5.32 Å². The molecule has 5 nitrogen and oxygen atoms in total. The Morgan fingerprint density at radius 2 is 1.68 bits per heavy atom. The first-order chi connectivity index (χ1) is 10.3. The Hall–Kier alpha value is -1.76. The van der Waals surface area contributed by atoms with Crippen molar-refractivity contribution in [2.24, 2.45) is 0 Å². The molecule has 2 aromatic carbocycles. The lowest BCUT2D eigenvalue weighted by Crippen LogP contribution is -2.13. The van der Waals surface area contributed by atoms with Gasteiger partial charge in [-0.2, -0.15) is 0 Å². The molecule has 0 fully saturated rings. The molecule has 8 heteroatoms. The fraction of sp³-hybridized carbons (Fsp3) is 0.0714. The second-order valence-electron chi connectivity index (χ2n) is 4.44. The summed E-state index contributed by atoms with van der Waals surface area (Å²) in [6.45, 7) is 1.37. The second kappa shape index (κ2) is 6.56. The number of nitrogens with one attached hydrogen (secondary N) is 2. The predicted octanol–water partition coefficient (Wildman–Crippen LogP) is 3.75. The topological polar surface area (TPSA) is 75.3 Å². The number of benzene rings is 2. The third-order valence-electron chi connectivity index (χ3n) is 2.64. The largest absolute Gasteiger partial charge is 0.326 e. The fourth-order valence-corrected chi connectivity index (χ4v) is 3.16. The predicted molar refractivity (Wildman–Crippen MR) is 88.0 cm³/mol. The van der Waals surface area contributed by atoms with Crippen LogP contribution in [0.25, 0.3) is 0 Å². The Kier molecular flexibility index (Phi) is 4.95. The van der Waals surface area contributed by atoms with Crippen LogP contribution in [0.3, 0.4) is 0 Å². The first kappa shape index (κ1) is 16.6. The van der Waals surface area contributed by atoms with Crippen molar-refractivity contribution >= 4 is 50.5 Å². The average molecular weight is 359 g/mol. The minimum absolute atomic E-state index is 0.00756. The lowest BCUT2D eigenvalue weighted by Gasteiger charge is -2.10. The van der Waals surface area contributed by atoms with E-state index in [0.717, 1.165) is 0 Å². The van der Waals surface area contributed by atoms with Crippen LogP contribution in [0.2, 0.25) is 10.0 Å². The van der Waals surface area contributed by atoms with Crippen molar-refractivity contribution in [3.8, 4) is 0 Å². The van der Waals surface area contributed by atoms with E-state index in [0.29, 0.717) is 11.4 Å². The Balaban J connectivity index is 2.28. The maximum atomic E-state index is 12.3. The van der Waals surface area contributed by atoms with Crippen molar-refractivity contribution in [2.75, 3.05) is 10.0 Å². The summed E-state index contributed by atoms with van der Waals surface area (Å²) >= 11 is 11.6. The zero-order valence-corrected chi connectivity index (χ0v) is 13.8. The molecule has 2 rings (SSSR count). The molecule has 0 saturated heterocycles. The lowest BCUT2D eigenvalue weighted by atomic mass is 10.3. The minimum atomic E-state index is -3.80. The van der Waals surface area contributed by atoms with Crippen molar-refractivity contribution in [3.63, 3.8) is 0 Å². The van der Waals surface area contributed by atoms with Crippen LogP contribution in [0.15, 0.2) is 47.4 Å². The first-order valence-corrected chi connectivity index (χ1v) is 8.37. The van der Waals surface area contributed by atoms with Gasteiger partial charge in [0.25, 0.3) is 10.0 Å². The average Bonchev–Trinajstić information content (AvgIpc) is 2.40. The van der Waals surface area contributed by atoms with Gasteiger partial charge in [0.2, 0.25) is 5.91 Å². The molecule has 2 aromatic rings. The molecular weight excluding hydrogens is 347 g/mol. The number of halogens is 2. The van der Waals surface area contributed by atoms with E-state index in [1.54, 1.807) is 18.2 Å². The summed E-state index contributed by atoms with van der Waals surface area (Å²) < 4.78 is 27.0. The highest BCUT2D eigenvalue weighted by atomic mass is 35.5. The number of carbonyl (C=O) groups is 1. The van der Waals surface area contributed by atoms with Gasteiger partial charge in [0.15, 0.2) is 0 Å². The molecule has 0 aliphatic carbocycles. The third kappa shape index (κ3) is 4.13. The summed E-state index contributed by atoms with van der Waals surface area (Å²) in [5, 5.41) is 3.00. The van der Waals surface area contributed by atoms with Crippen LogP contribution in [0.5, 0.6) is 0 Å². The Bertz CT molecular complexity index is 823. The molecule has 1 amide bonds. The smallest absolute Gasteiger partial charge is 0.261 e. The van der Waals surface area contributed by atoms with Crippen molar-refractivity contribution < 1.29 is 13.2 Å². The highest BCUT2D eigenvalue weighted by Crippen LogP contribution is 2.26. The van der Waals surface area contributed by atoms with Gasteiger partial charge in [-0.1, -0.05) is 29.3 Å². The van der Waals surface area contributed by atoms with Gasteiger partial charge in [-0.3, -0.25) is 9.52 Å². The van der Waals surface area contributed by atoms with Crippen LogP contribution in [0.4, 0.5) is 11.4 Å². The van der Waals surface area contributed by atoms with Gasteiger partial charge in [0.05, 0.1) is 20.6 Å².